The van der Waals surface area contributed by atoms with E-state index in [1.54, 1.807) is 6.20 Å². The molecule has 1 unspecified atom stereocenters. The number of benzene rings is 1. The Labute approximate surface area is 124 Å². The Bertz CT molecular complexity index is 616. The number of rotatable bonds is 8. The van der Waals surface area contributed by atoms with Crippen molar-refractivity contribution in [1.82, 2.24) is 10.3 Å². The summed E-state index contributed by atoms with van der Waals surface area (Å²) in [5.41, 5.74) is 2.06. The molecule has 0 radical (unpaired) electrons. The van der Waals surface area contributed by atoms with Crippen LogP contribution in [0.1, 0.15) is 31.7 Å². The number of hydrogen-bond donors (Lipinski definition) is 3. The minimum absolute atomic E-state index is 0.456. The fourth-order valence-electron chi connectivity index (χ4n) is 2.33. The number of fused-ring (bicyclic) bond motifs is 1. The zero-order valence-electron chi connectivity index (χ0n) is 12.3. The molecular formula is C17H22N2O2. The van der Waals surface area contributed by atoms with E-state index in [0.29, 0.717) is 6.42 Å². The van der Waals surface area contributed by atoms with E-state index >= 15 is 0 Å². The van der Waals surface area contributed by atoms with Crippen molar-refractivity contribution >= 4 is 16.9 Å². The summed E-state index contributed by atoms with van der Waals surface area (Å²) in [4.78, 5) is 14.6. The van der Waals surface area contributed by atoms with Crippen LogP contribution in [0.4, 0.5) is 0 Å². The van der Waals surface area contributed by atoms with Crippen molar-refractivity contribution in [1.29, 1.82) is 0 Å². The lowest BCUT2D eigenvalue weighted by Crippen LogP contribution is -2.35. The molecule has 0 saturated carbocycles. The Kier molecular flexibility index (Phi) is 5.43. The number of aliphatic carboxylic acids is 1. The SMILES string of the molecule is CCCCC=CNC(Cc1c[nH]c2ccccc12)C(=O)O. The summed E-state index contributed by atoms with van der Waals surface area (Å²) in [6.45, 7) is 2.14. The number of aromatic nitrogens is 1. The Balaban J connectivity index is 2.02. The van der Waals surface area contributed by atoms with Crippen molar-refractivity contribution in [2.24, 2.45) is 0 Å². The third-order valence-electron chi connectivity index (χ3n) is 3.54. The van der Waals surface area contributed by atoms with Crippen molar-refractivity contribution < 1.29 is 9.90 Å². The van der Waals surface area contributed by atoms with Crippen LogP contribution in [0.2, 0.25) is 0 Å². The lowest BCUT2D eigenvalue weighted by atomic mass is 10.1. The number of hydrogen-bond acceptors (Lipinski definition) is 2. The number of carboxylic acid groups (broad SMARTS) is 1. The average Bonchev–Trinajstić information content (AvgIpc) is 2.89. The summed E-state index contributed by atoms with van der Waals surface area (Å²) in [6.07, 6.45) is 9.35. The van der Waals surface area contributed by atoms with Crippen LogP contribution in [0.5, 0.6) is 0 Å². The number of carboxylic acids is 1. The number of carbonyl (C=O) groups is 1. The van der Waals surface area contributed by atoms with E-state index in [0.717, 1.165) is 35.7 Å². The van der Waals surface area contributed by atoms with Gasteiger partial charge in [-0.25, -0.2) is 4.79 Å². The molecule has 0 bridgehead atoms. The van der Waals surface area contributed by atoms with Gasteiger partial charge in [0.15, 0.2) is 0 Å². The topological polar surface area (TPSA) is 65.1 Å². The molecule has 3 N–H and O–H groups in total. The fraction of sp³-hybridized carbons (Fsp3) is 0.353. The van der Waals surface area contributed by atoms with Crippen molar-refractivity contribution in [3.05, 3.63) is 48.3 Å². The molecule has 0 fully saturated rings. The second-order valence-electron chi connectivity index (χ2n) is 5.17. The van der Waals surface area contributed by atoms with Crippen molar-refractivity contribution in [3.63, 3.8) is 0 Å². The molecule has 0 saturated heterocycles. The number of aromatic amines is 1. The first-order valence-electron chi connectivity index (χ1n) is 7.41. The number of nitrogens with one attached hydrogen (secondary N) is 2. The Hall–Kier alpha value is -2.23. The molecule has 1 aromatic heterocycles. The van der Waals surface area contributed by atoms with E-state index in [1.807, 2.05) is 36.5 Å². The van der Waals surface area contributed by atoms with Crippen LogP contribution in [0.15, 0.2) is 42.7 Å². The van der Waals surface area contributed by atoms with Gasteiger partial charge < -0.3 is 15.4 Å². The molecule has 0 spiro atoms. The highest BCUT2D eigenvalue weighted by Gasteiger charge is 2.17. The van der Waals surface area contributed by atoms with Gasteiger partial charge in [0.05, 0.1) is 0 Å². The normalized spacial score (nSPS) is 12.8. The van der Waals surface area contributed by atoms with Crippen LogP contribution >= 0.6 is 0 Å². The molecule has 1 heterocycles. The van der Waals surface area contributed by atoms with E-state index in [1.165, 1.54) is 0 Å². The van der Waals surface area contributed by atoms with Crippen LogP contribution in [-0.2, 0) is 11.2 Å². The van der Waals surface area contributed by atoms with E-state index in [9.17, 15) is 9.90 Å². The van der Waals surface area contributed by atoms with Crippen LogP contribution in [0.3, 0.4) is 0 Å². The molecule has 0 aliphatic heterocycles. The van der Waals surface area contributed by atoms with Gasteiger partial charge in [-0.3, -0.25) is 0 Å². The highest BCUT2D eigenvalue weighted by atomic mass is 16.4. The van der Waals surface area contributed by atoms with Crippen LogP contribution in [0, 0.1) is 0 Å². The van der Waals surface area contributed by atoms with Crippen molar-refractivity contribution in [2.75, 3.05) is 0 Å². The molecule has 1 atom stereocenters. The van der Waals surface area contributed by atoms with Gasteiger partial charge in [0, 0.05) is 23.5 Å². The molecule has 4 nitrogen and oxygen atoms in total. The molecule has 4 heteroatoms. The standard InChI is InChI=1S/C17H22N2O2/c1-2-3-4-7-10-18-16(17(20)21)11-13-12-19-15-9-6-5-8-14(13)15/h5-10,12,16,18-19H,2-4,11H2,1H3,(H,20,21). The number of para-hydroxylation sites is 1. The summed E-state index contributed by atoms with van der Waals surface area (Å²) in [6, 6.07) is 7.32. The second-order valence-corrected chi connectivity index (χ2v) is 5.17. The third kappa shape index (κ3) is 4.12. The van der Waals surface area contributed by atoms with E-state index in [-0.39, 0.29) is 0 Å². The van der Waals surface area contributed by atoms with Crippen LogP contribution < -0.4 is 5.32 Å². The maximum absolute atomic E-state index is 11.4. The van der Waals surface area contributed by atoms with Gasteiger partial charge in [-0.2, -0.15) is 0 Å². The van der Waals surface area contributed by atoms with Crippen molar-refractivity contribution in [3.8, 4) is 0 Å². The Morgan fingerprint density at radius 2 is 2.24 bits per heavy atom. The molecule has 1 aromatic carbocycles. The molecule has 0 aliphatic rings. The molecule has 2 aromatic rings. The van der Waals surface area contributed by atoms with Crippen molar-refractivity contribution in [2.45, 2.75) is 38.6 Å². The summed E-state index contributed by atoms with van der Waals surface area (Å²) in [5, 5.41) is 13.4. The molecule has 2 rings (SSSR count). The lowest BCUT2D eigenvalue weighted by molar-refractivity contribution is -0.139. The number of unbranched alkanes of at least 4 members (excludes halogenated alkanes) is 2. The van der Waals surface area contributed by atoms with Gasteiger partial charge in [-0.15, -0.1) is 0 Å². The Morgan fingerprint density at radius 3 is 3.00 bits per heavy atom. The first kappa shape index (κ1) is 15.2. The fourth-order valence-corrected chi connectivity index (χ4v) is 2.33. The first-order chi connectivity index (χ1) is 10.2. The molecular weight excluding hydrogens is 264 g/mol. The van der Waals surface area contributed by atoms with Crippen LogP contribution in [0.25, 0.3) is 10.9 Å². The second kappa shape index (κ2) is 7.53. The minimum Gasteiger partial charge on any atom is -0.480 e. The van der Waals surface area contributed by atoms with Gasteiger partial charge in [0.1, 0.15) is 6.04 Å². The summed E-state index contributed by atoms with van der Waals surface area (Å²) >= 11 is 0. The smallest absolute Gasteiger partial charge is 0.326 e. The van der Waals surface area contributed by atoms with Gasteiger partial charge in [0.25, 0.3) is 0 Å². The molecule has 112 valence electrons. The summed E-state index contributed by atoms with van der Waals surface area (Å²) in [7, 11) is 0. The van der Waals surface area contributed by atoms with Gasteiger partial charge >= 0.3 is 5.97 Å². The minimum atomic E-state index is -0.833. The largest absolute Gasteiger partial charge is 0.480 e. The first-order valence-corrected chi connectivity index (χ1v) is 7.41. The van der Waals surface area contributed by atoms with Gasteiger partial charge in [-0.1, -0.05) is 44.0 Å². The Morgan fingerprint density at radius 1 is 1.43 bits per heavy atom. The van der Waals surface area contributed by atoms with E-state index in [2.05, 4.69) is 17.2 Å². The lowest BCUT2D eigenvalue weighted by Gasteiger charge is -2.12. The number of allylic oxidation sites excluding steroid dienone is 1. The molecule has 0 amide bonds. The third-order valence-corrected chi connectivity index (χ3v) is 3.54. The average molecular weight is 286 g/mol. The molecule has 21 heavy (non-hydrogen) atoms. The predicted molar refractivity (Wildman–Crippen MR) is 85.2 cm³/mol. The highest BCUT2D eigenvalue weighted by Crippen LogP contribution is 2.19. The van der Waals surface area contributed by atoms with Gasteiger partial charge in [0.2, 0.25) is 0 Å². The summed E-state index contributed by atoms with van der Waals surface area (Å²) in [5.74, 6) is -0.833. The zero-order valence-corrected chi connectivity index (χ0v) is 12.3. The summed E-state index contributed by atoms with van der Waals surface area (Å²) < 4.78 is 0. The predicted octanol–water partition coefficient (Wildman–Crippen LogP) is 3.46. The maximum Gasteiger partial charge on any atom is 0.326 e. The van der Waals surface area contributed by atoms with Crippen LogP contribution in [-0.4, -0.2) is 22.1 Å². The maximum atomic E-state index is 11.4. The molecule has 0 aliphatic carbocycles. The quantitative estimate of drug-likeness (QED) is 0.651. The highest BCUT2D eigenvalue weighted by molar-refractivity contribution is 5.84. The van der Waals surface area contributed by atoms with E-state index in [4.69, 9.17) is 0 Å². The van der Waals surface area contributed by atoms with E-state index < -0.39 is 12.0 Å². The number of H-pyrrole nitrogens is 1. The zero-order chi connectivity index (χ0) is 15.1. The monoisotopic (exact) mass is 286 g/mol. The van der Waals surface area contributed by atoms with Gasteiger partial charge in [-0.05, 0) is 24.3 Å².